The lowest BCUT2D eigenvalue weighted by atomic mass is 9.98. The molecule has 0 aliphatic carbocycles. The summed E-state index contributed by atoms with van der Waals surface area (Å²) in [5, 5.41) is 2.53. The molecule has 0 bridgehead atoms. The second kappa shape index (κ2) is 11.7. The number of hydrogen-bond donors (Lipinski definition) is 1. The molecule has 0 aromatic heterocycles. The summed E-state index contributed by atoms with van der Waals surface area (Å²) in [7, 11) is 3.12. The lowest BCUT2D eigenvalue weighted by Crippen LogP contribution is -2.57. The average molecular weight is 515 g/mol. The second-order valence-electron chi connectivity index (χ2n) is 9.57. The van der Waals surface area contributed by atoms with Crippen LogP contribution in [-0.2, 0) is 20.7 Å². The van der Waals surface area contributed by atoms with Crippen LogP contribution in [0.25, 0.3) is 0 Å². The van der Waals surface area contributed by atoms with Crippen molar-refractivity contribution >= 4 is 28.9 Å². The highest BCUT2D eigenvalue weighted by Crippen LogP contribution is 2.40. The average Bonchev–Trinajstić information content (AvgIpc) is 2.83. The van der Waals surface area contributed by atoms with Crippen molar-refractivity contribution in [2.75, 3.05) is 20.0 Å². The van der Waals surface area contributed by atoms with Crippen molar-refractivity contribution in [3.8, 4) is 11.5 Å². The van der Waals surface area contributed by atoms with Gasteiger partial charge in [0.1, 0.15) is 29.2 Å². The topological polar surface area (TPSA) is 94.2 Å². The summed E-state index contributed by atoms with van der Waals surface area (Å²) >= 11 is 1.20. The van der Waals surface area contributed by atoms with Crippen LogP contribution >= 0.6 is 11.8 Å². The minimum Gasteiger partial charge on any atom is -0.497 e. The Balaban J connectivity index is 2.00. The molecule has 2 amide bonds. The molecule has 36 heavy (non-hydrogen) atoms. The Labute approximate surface area is 216 Å². The summed E-state index contributed by atoms with van der Waals surface area (Å²) < 4.78 is 16.3. The monoisotopic (exact) mass is 514 g/mol. The van der Waals surface area contributed by atoms with Crippen LogP contribution in [0.2, 0.25) is 0 Å². The lowest BCUT2D eigenvalue weighted by Gasteiger charge is -2.42. The molecule has 8 nitrogen and oxygen atoms in total. The fourth-order valence-electron chi connectivity index (χ4n) is 4.10. The van der Waals surface area contributed by atoms with Crippen LogP contribution in [0.4, 0.5) is 4.79 Å². The number of carbonyl (C=O) groups excluding carboxylic acids is 3. The lowest BCUT2D eigenvalue weighted by molar-refractivity contribution is -0.141. The van der Waals surface area contributed by atoms with Crippen molar-refractivity contribution in [1.29, 1.82) is 0 Å². The molecule has 0 radical (unpaired) electrons. The van der Waals surface area contributed by atoms with Crippen molar-refractivity contribution in [3.05, 3.63) is 59.7 Å². The molecule has 194 valence electrons. The summed E-state index contributed by atoms with van der Waals surface area (Å²) in [5.41, 5.74) is 0.984. The van der Waals surface area contributed by atoms with Gasteiger partial charge in [0, 0.05) is 23.8 Å². The van der Waals surface area contributed by atoms with E-state index in [0.29, 0.717) is 23.7 Å². The van der Waals surface area contributed by atoms with Gasteiger partial charge >= 0.3 is 6.09 Å². The van der Waals surface area contributed by atoms with Gasteiger partial charge in [0.25, 0.3) is 0 Å². The summed E-state index contributed by atoms with van der Waals surface area (Å²) in [6.07, 6.45) is -0.341. The third-order valence-electron chi connectivity index (χ3n) is 5.76. The van der Waals surface area contributed by atoms with Gasteiger partial charge in [-0.2, -0.15) is 0 Å². The van der Waals surface area contributed by atoms with Crippen LogP contribution in [0.1, 0.15) is 44.9 Å². The molecule has 1 fully saturated rings. The van der Waals surface area contributed by atoms with Crippen LogP contribution in [0.15, 0.2) is 48.5 Å². The number of benzene rings is 2. The van der Waals surface area contributed by atoms with Crippen LogP contribution < -0.4 is 14.8 Å². The molecule has 3 unspecified atom stereocenters. The quantitative estimate of drug-likeness (QED) is 0.586. The van der Waals surface area contributed by atoms with Crippen LogP contribution in [-0.4, -0.2) is 59.7 Å². The first-order valence-electron chi connectivity index (χ1n) is 11.8. The molecule has 2 aromatic rings. The Morgan fingerprint density at radius 2 is 1.81 bits per heavy atom. The molecular weight excluding hydrogens is 480 g/mol. The summed E-state index contributed by atoms with van der Waals surface area (Å²) in [6.45, 7) is 6.85. The van der Waals surface area contributed by atoms with Gasteiger partial charge < -0.3 is 24.4 Å². The number of rotatable bonds is 7. The predicted octanol–water partition coefficient (Wildman–Crippen LogP) is 4.37. The summed E-state index contributed by atoms with van der Waals surface area (Å²) in [5.74, 6) is 1.16. The zero-order valence-electron chi connectivity index (χ0n) is 21.6. The highest BCUT2D eigenvalue weighted by atomic mass is 32.2. The number of nitrogens with one attached hydrogen (secondary N) is 1. The zero-order valence-corrected chi connectivity index (χ0v) is 22.4. The molecule has 1 N–H and O–H groups in total. The first-order valence-corrected chi connectivity index (χ1v) is 12.8. The fraction of sp³-hybridized carbons (Fsp3) is 0.444. The molecule has 9 heteroatoms. The zero-order chi connectivity index (χ0) is 26.5. The van der Waals surface area contributed by atoms with Gasteiger partial charge in [-0.3, -0.25) is 9.59 Å². The first kappa shape index (κ1) is 27.4. The fourth-order valence-corrected chi connectivity index (χ4v) is 5.15. The van der Waals surface area contributed by atoms with Gasteiger partial charge in [-0.15, -0.1) is 0 Å². The first-order chi connectivity index (χ1) is 17.0. The van der Waals surface area contributed by atoms with E-state index in [2.05, 4.69) is 5.32 Å². The van der Waals surface area contributed by atoms with Crippen molar-refractivity contribution in [2.45, 2.75) is 57.8 Å². The maximum Gasteiger partial charge on any atom is 0.408 e. The SMILES string of the molecule is COc1ccc(C2CSC(=O)C(Cc3ccccc3)N2C(=O)C(C)NC(=O)OC(C)(C)C)c(OC)c1. The Kier molecular flexibility index (Phi) is 8.89. The van der Waals surface area contributed by atoms with Gasteiger partial charge in [0.15, 0.2) is 0 Å². The number of ether oxygens (including phenoxy) is 3. The van der Waals surface area contributed by atoms with Gasteiger partial charge in [-0.05, 0) is 45.4 Å². The van der Waals surface area contributed by atoms with E-state index in [1.807, 2.05) is 36.4 Å². The van der Waals surface area contributed by atoms with E-state index in [9.17, 15) is 14.4 Å². The highest BCUT2D eigenvalue weighted by molar-refractivity contribution is 8.13. The van der Waals surface area contributed by atoms with E-state index in [-0.39, 0.29) is 11.0 Å². The van der Waals surface area contributed by atoms with Crippen molar-refractivity contribution < 1.29 is 28.6 Å². The molecule has 1 saturated heterocycles. The van der Waals surface area contributed by atoms with Crippen LogP contribution in [0.3, 0.4) is 0 Å². The Morgan fingerprint density at radius 1 is 1.11 bits per heavy atom. The van der Waals surface area contributed by atoms with Gasteiger partial charge in [-0.1, -0.05) is 42.1 Å². The third-order valence-corrected chi connectivity index (χ3v) is 6.80. The standard InChI is InChI=1S/C27H34N2O6S/c1-17(28-26(32)35-27(2,3)4)24(30)29-21(14-18-10-8-7-9-11-18)25(31)36-16-22(29)20-13-12-19(33-5)15-23(20)34-6/h7-13,15,17,21-22H,14,16H2,1-6H3,(H,28,32). The van der Waals surface area contributed by atoms with Crippen molar-refractivity contribution in [1.82, 2.24) is 10.2 Å². The third kappa shape index (κ3) is 6.72. The largest absolute Gasteiger partial charge is 0.497 e. The van der Waals surface area contributed by atoms with Crippen LogP contribution in [0, 0.1) is 0 Å². The van der Waals surface area contributed by atoms with Crippen LogP contribution in [0.5, 0.6) is 11.5 Å². The highest BCUT2D eigenvalue weighted by Gasteiger charge is 2.43. The maximum absolute atomic E-state index is 13.9. The molecule has 1 aliphatic rings. The Morgan fingerprint density at radius 3 is 2.42 bits per heavy atom. The van der Waals surface area contributed by atoms with E-state index in [1.54, 1.807) is 58.9 Å². The van der Waals surface area contributed by atoms with E-state index >= 15 is 0 Å². The summed E-state index contributed by atoms with van der Waals surface area (Å²) in [6, 6.07) is 12.9. The molecule has 3 rings (SSSR count). The van der Waals surface area contributed by atoms with Gasteiger partial charge in [0.05, 0.1) is 20.3 Å². The second-order valence-corrected chi connectivity index (χ2v) is 10.6. The van der Waals surface area contributed by atoms with Gasteiger partial charge in [0.2, 0.25) is 11.0 Å². The maximum atomic E-state index is 13.9. The molecule has 3 atom stereocenters. The normalized spacial score (nSPS) is 18.8. The van der Waals surface area contributed by atoms with E-state index in [0.717, 1.165) is 11.1 Å². The molecule has 2 aromatic carbocycles. The smallest absolute Gasteiger partial charge is 0.408 e. The Bertz CT molecular complexity index is 1090. The van der Waals surface area contributed by atoms with Crippen molar-refractivity contribution in [3.63, 3.8) is 0 Å². The number of carbonyl (C=O) groups is 3. The predicted molar refractivity (Wildman–Crippen MR) is 139 cm³/mol. The molecule has 1 aliphatic heterocycles. The Hall–Kier alpha value is -3.20. The number of alkyl carbamates (subject to hydrolysis) is 1. The number of nitrogens with zero attached hydrogens (tertiary/aromatic N) is 1. The number of thioether (sulfide) groups is 1. The number of amides is 2. The van der Waals surface area contributed by atoms with E-state index in [4.69, 9.17) is 14.2 Å². The van der Waals surface area contributed by atoms with Crippen molar-refractivity contribution in [2.24, 2.45) is 0 Å². The van der Waals surface area contributed by atoms with E-state index < -0.39 is 29.8 Å². The molecule has 0 spiro atoms. The number of hydrogen-bond acceptors (Lipinski definition) is 7. The van der Waals surface area contributed by atoms with E-state index in [1.165, 1.54) is 11.8 Å². The molecule has 1 heterocycles. The number of methoxy groups -OCH3 is 2. The molecular formula is C27H34N2O6S. The summed E-state index contributed by atoms with van der Waals surface area (Å²) in [4.78, 5) is 41.1. The minimum atomic E-state index is -0.916. The minimum absolute atomic E-state index is 0.0969. The molecule has 0 saturated carbocycles. The van der Waals surface area contributed by atoms with Gasteiger partial charge in [-0.25, -0.2) is 4.79 Å².